The molecule has 14 heavy (non-hydrogen) atoms. The Morgan fingerprint density at radius 2 is 2.07 bits per heavy atom. The highest BCUT2D eigenvalue weighted by molar-refractivity contribution is 7.17. The Balaban J connectivity index is 2.23. The van der Waals surface area contributed by atoms with Crippen LogP contribution in [0.4, 0.5) is 0 Å². The number of furan rings is 1. The summed E-state index contributed by atoms with van der Waals surface area (Å²) in [6.45, 7) is 0. The first-order valence-corrected chi connectivity index (χ1v) is 5.32. The van der Waals surface area contributed by atoms with Crippen molar-refractivity contribution in [2.75, 3.05) is 0 Å². The van der Waals surface area contributed by atoms with Gasteiger partial charge in [0.1, 0.15) is 5.76 Å². The van der Waals surface area contributed by atoms with E-state index < -0.39 is 0 Å². The zero-order valence-electron chi connectivity index (χ0n) is 7.44. The number of thiophene rings is 1. The highest BCUT2D eigenvalue weighted by Gasteiger charge is 2.01. The van der Waals surface area contributed by atoms with Crippen LogP contribution < -0.4 is 0 Å². The molecular weight excluding hydrogens is 192 g/mol. The standard InChI is InChI=1S/C12H8OS/c1-2-11(13-6-1)10-4-3-9-5-7-14-12(9)8-10/h1-8H. The van der Waals surface area contributed by atoms with Crippen LogP contribution in [-0.4, -0.2) is 0 Å². The lowest BCUT2D eigenvalue weighted by Gasteiger charge is -1.96. The highest BCUT2D eigenvalue weighted by atomic mass is 32.1. The third-order valence-electron chi connectivity index (χ3n) is 2.26. The summed E-state index contributed by atoms with van der Waals surface area (Å²) >= 11 is 1.76. The van der Waals surface area contributed by atoms with E-state index in [1.807, 2.05) is 12.1 Å². The summed E-state index contributed by atoms with van der Waals surface area (Å²) in [5, 5.41) is 3.40. The Bertz CT molecular complexity index is 548. The van der Waals surface area contributed by atoms with Crippen molar-refractivity contribution in [1.82, 2.24) is 0 Å². The minimum Gasteiger partial charge on any atom is -0.464 e. The molecule has 0 amide bonds. The predicted molar refractivity (Wildman–Crippen MR) is 59.5 cm³/mol. The molecule has 0 spiro atoms. The molecule has 0 saturated heterocycles. The van der Waals surface area contributed by atoms with Gasteiger partial charge >= 0.3 is 0 Å². The molecule has 0 saturated carbocycles. The summed E-state index contributed by atoms with van der Waals surface area (Å²) in [6.07, 6.45) is 1.70. The largest absolute Gasteiger partial charge is 0.464 e. The molecule has 1 aromatic carbocycles. The number of rotatable bonds is 1. The van der Waals surface area contributed by atoms with Crippen LogP contribution in [0.15, 0.2) is 52.5 Å². The Kier molecular flexibility index (Phi) is 1.67. The molecule has 0 fully saturated rings. The van der Waals surface area contributed by atoms with Gasteiger partial charge in [-0.1, -0.05) is 12.1 Å². The van der Waals surface area contributed by atoms with Crippen molar-refractivity contribution in [1.29, 1.82) is 0 Å². The van der Waals surface area contributed by atoms with Crippen LogP contribution in [0.2, 0.25) is 0 Å². The lowest BCUT2D eigenvalue weighted by Crippen LogP contribution is -1.71. The fourth-order valence-corrected chi connectivity index (χ4v) is 2.38. The lowest BCUT2D eigenvalue weighted by atomic mass is 10.1. The Morgan fingerprint density at radius 3 is 2.93 bits per heavy atom. The van der Waals surface area contributed by atoms with E-state index in [1.165, 1.54) is 10.1 Å². The van der Waals surface area contributed by atoms with E-state index >= 15 is 0 Å². The average Bonchev–Trinajstić information content (AvgIpc) is 2.88. The van der Waals surface area contributed by atoms with Crippen LogP contribution in [-0.2, 0) is 0 Å². The van der Waals surface area contributed by atoms with E-state index in [2.05, 4.69) is 29.6 Å². The van der Waals surface area contributed by atoms with E-state index in [0.29, 0.717) is 0 Å². The van der Waals surface area contributed by atoms with E-state index in [1.54, 1.807) is 17.6 Å². The molecule has 0 aliphatic heterocycles. The smallest absolute Gasteiger partial charge is 0.133 e. The third kappa shape index (κ3) is 1.16. The van der Waals surface area contributed by atoms with Crippen molar-refractivity contribution in [3.63, 3.8) is 0 Å². The quantitative estimate of drug-likeness (QED) is 0.574. The van der Waals surface area contributed by atoms with Crippen molar-refractivity contribution < 1.29 is 4.42 Å². The van der Waals surface area contributed by atoms with Gasteiger partial charge in [0.15, 0.2) is 0 Å². The predicted octanol–water partition coefficient (Wildman–Crippen LogP) is 4.16. The summed E-state index contributed by atoms with van der Waals surface area (Å²) < 4.78 is 6.65. The first-order valence-electron chi connectivity index (χ1n) is 4.45. The third-order valence-corrected chi connectivity index (χ3v) is 3.14. The molecule has 0 unspecified atom stereocenters. The van der Waals surface area contributed by atoms with E-state index in [9.17, 15) is 0 Å². The van der Waals surface area contributed by atoms with Gasteiger partial charge in [-0.15, -0.1) is 11.3 Å². The zero-order chi connectivity index (χ0) is 9.38. The van der Waals surface area contributed by atoms with Crippen LogP contribution in [0.1, 0.15) is 0 Å². The van der Waals surface area contributed by atoms with Gasteiger partial charge in [0.05, 0.1) is 6.26 Å². The maximum Gasteiger partial charge on any atom is 0.133 e. The molecule has 3 aromatic rings. The van der Waals surface area contributed by atoms with Gasteiger partial charge in [-0.2, -0.15) is 0 Å². The molecule has 0 radical (unpaired) electrons. The molecule has 3 rings (SSSR count). The van der Waals surface area contributed by atoms with Gasteiger partial charge in [0.25, 0.3) is 0 Å². The van der Waals surface area contributed by atoms with Gasteiger partial charge in [-0.3, -0.25) is 0 Å². The van der Waals surface area contributed by atoms with Crippen molar-refractivity contribution >= 4 is 21.4 Å². The maximum atomic E-state index is 5.35. The number of hydrogen-bond acceptors (Lipinski definition) is 2. The maximum absolute atomic E-state index is 5.35. The van der Waals surface area contributed by atoms with Gasteiger partial charge in [-0.25, -0.2) is 0 Å². The van der Waals surface area contributed by atoms with Crippen LogP contribution >= 0.6 is 11.3 Å². The van der Waals surface area contributed by atoms with Crippen molar-refractivity contribution in [2.45, 2.75) is 0 Å². The zero-order valence-corrected chi connectivity index (χ0v) is 8.25. The minimum absolute atomic E-state index is 0.931. The molecule has 2 heteroatoms. The first-order chi connectivity index (χ1) is 6.93. The van der Waals surface area contributed by atoms with Crippen LogP contribution in [0.5, 0.6) is 0 Å². The topological polar surface area (TPSA) is 13.1 Å². The minimum atomic E-state index is 0.931. The van der Waals surface area contributed by atoms with Gasteiger partial charge in [-0.05, 0) is 35.0 Å². The Labute approximate surface area is 85.6 Å². The monoisotopic (exact) mass is 200 g/mol. The van der Waals surface area contributed by atoms with Crippen molar-refractivity contribution in [2.24, 2.45) is 0 Å². The molecule has 2 heterocycles. The van der Waals surface area contributed by atoms with Crippen LogP contribution in [0.3, 0.4) is 0 Å². The van der Waals surface area contributed by atoms with Gasteiger partial charge in [0.2, 0.25) is 0 Å². The second kappa shape index (κ2) is 3.00. The van der Waals surface area contributed by atoms with Crippen LogP contribution in [0, 0.1) is 0 Å². The number of fused-ring (bicyclic) bond motifs is 1. The fraction of sp³-hybridized carbons (Fsp3) is 0. The van der Waals surface area contributed by atoms with Crippen molar-refractivity contribution in [3.05, 3.63) is 48.0 Å². The molecule has 2 aromatic heterocycles. The number of benzene rings is 1. The summed E-state index contributed by atoms with van der Waals surface area (Å²) in [6, 6.07) is 12.4. The average molecular weight is 200 g/mol. The second-order valence-electron chi connectivity index (χ2n) is 3.15. The number of hydrogen-bond donors (Lipinski definition) is 0. The van der Waals surface area contributed by atoms with Gasteiger partial charge in [0, 0.05) is 10.3 Å². The van der Waals surface area contributed by atoms with Gasteiger partial charge < -0.3 is 4.42 Å². The molecule has 1 nitrogen and oxygen atoms in total. The summed E-state index contributed by atoms with van der Waals surface area (Å²) in [4.78, 5) is 0. The molecule has 0 N–H and O–H groups in total. The Hall–Kier alpha value is -1.54. The second-order valence-corrected chi connectivity index (χ2v) is 4.10. The molecule has 68 valence electrons. The first kappa shape index (κ1) is 7.83. The van der Waals surface area contributed by atoms with Crippen molar-refractivity contribution in [3.8, 4) is 11.3 Å². The summed E-state index contributed by atoms with van der Waals surface area (Å²) in [5.41, 5.74) is 1.14. The molecule has 0 atom stereocenters. The highest BCUT2D eigenvalue weighted by Crippen LogP contribution is 2.27. The van der Waals surface area contributed by atoms with E-state index in [0.717, 1.165) is 11.3 Å². The lowest BCUT2D eigenvalue weighted by molar-refractivity contribution is 0.582. The summed E-state index contributed by atoms with van der Waals surface area (Å²) in [7, 11) is 0. The van der Waals surface area contributed by atoms with E-state index in [4.69, 9.17) is 4.42 Å². The van der Waals surface area contributed by atoms with Crippen LogP contribution in [0.25, 0.3) is 21.4 Å². The molecule has 0 aliphatic rings. The SMILES string of the molecule is c1coc(-c2ccc3ccsc3c2)c1. The summed E-state index contributed by atoms with van der Waals surface area (Å²) in [5.74, 6) is 0.931. The molecule has 0 aliphatic carbocycles. The van der Waals surface area contributed by atoms with E-state index in [-0.39, 0.29) is 0 Å². The normalized spacial score (nSPS) is 10.9. The Morgan fingerprint density at radius 1 is 1.07 bits per heavy atom. The fourth-order valence-electron chi connectivity index (χ4n) is 1.55. The molecular formula is C12H8OS. The molecule has 0 bridgehead atoms.